The van der Waals surface area contributed by atoms with Crippen LogP contribution in [0.3, 0.4) is 0 Å². The lowest BCUT2D eigenvalue weighted by molar-refractivity contribution is -0.150. The molecule has 0 aliphatic carbocycles. The van der Waals surface area contributed by atoms with Gasteiger partial charge in [0.1, 0.15) is 6.61 Å². The Labute approximate surface area is 128 Å². The molecule has 1 aliphatic heterocycles. The van der Waals surface area contributed by atoms with Crippen molar-refractivity contribution in [3.8, 4) is 0 Å². The Hall–Kier alpha value is -1.35. The van der Waals surface area contributed by atoms with Crippen molar-refractivity contribution in [3.63, 3.8) is 0 Å². The molecule has 1 heterocycles. The molecule has 3 heteroatoms. The molecule has 116 valence electrons. The first kappa shape index (κ1) is 16.0. The number of hydrogen-bond acceptors (Lipinski definition) is 3. The summed E-state index contributed by atoms with van der Waals surface area (Å²) in [5, 5.41) is 0. The number of rotatable bonds is 6. The summed E-state index contributed by atoms with van der Waals surface area (Å²) in [6.07, 6.45) is 3.81. The van der Waals surface area contributed by atoms with E-state index in [9.17, 15) is 4.79 Å². The van der Waals surface area contributed by atoms with Crippen molar-refractivity contribution in [1.29, 1.82) is 0 Å². The van der Waals surface area contributed by atoms with Gasteiger partial charge in [-0.1, -0.05) is 50.6 Å². The number of esters is 1. The van der Waals surface area contributed by atoms with Gasteiger partial charge in [0.2, 0.25) is 0 Å². The van der Waals surface area contributed by atoms with E-state index >= 15 is 0 Å². The summed E-state index contributed by atoms with van der Waals surface area (Å²) in [4.78, 5) is 14.5. The van der Waals surface area contributed by atoms with Crippen LogP contribution in [0.5, 0.6) is 0 Å². The number of benzene rings is 1. The van der Waals surface area contributed by atoms with E-state index in [1.807, 2.05) is 37.3 Å². The summed E-state index contributed by atoms with van der Waals surface area (Å²) < 4.78 is 5.41. The monoisotopic (exact) mass is 289 g/mol. The quantitative estimate of drug-likeness (QED) is 0.751. The minimum Gasteiger partial charge on any atom is -0.461 e. The Balaban J connectivity index is 1.70. The highest BCUT2D eigenvalue weighted by Crippen LogP contribution is 2.20. The first-order valence-electron chi connectivity index (χ1n) is 8.12. The molecule has 0 spiro atoms. The Kier molecular flexibility index (Phi) is 6.24. The largest absolute Gasteiger partial charge is 0.461 e. The number of carbonyl (C=O) groups is 1. The van der Waals surface area contributed by atoms with Gasteiger partial charge >= 0.3 is 5.97 Å². The summed E-state index contributed by atoms with van der Waals surface area (Å²) >= 11 is 0. The van der Waals surface area contributed by atoms with Crippen LogP contribution in [-0.4, -0.2) is 30.5 Å². The van der Waals surface area contributed by atoms with Crippen molar-refractivity contribution in [1.82, 2.24) is 4.90 Å². The highest BCUT2D eigenvalue weighted by Gasteiger charge is 2.22. The SMILES string of the molecule is CCC1CCN(CC(C)C(=O)OCc2ccccc2)CC1. The fourth-order valence-corrected chi connectivity index (χ4v) is 2.91. The zero-order chi connectivity index (χ0) is 15.1. The molecule has 1 saturated heterocycles. The van der Waals surface area contributed by atoms with Gasteiger partial charge in [0.05, 0.1) is 5.92 Å². The molecule has 0 N–H and O–H groups in total. The topological polar surface area (TPSA) is 29.5 Å². The van der Waals surface area contributed by atoms with Crippen molar-refractivity contribution in [2.24, 2.45) is 11.8 Å². The van der Waals surface area contributed by atoms with E-state index < -0.39 is 0 Å². The van der Waals surface area contributed by atoms with Gasteiger partial charge < -0.3 is 9.64 Å². The molecule has 1 unspecified atom stereocenters. The molecule has 1 aromatic rings. The second-order valence-electron chi connectivity index (χ2n) is 6.15. The Bertz CT molecular complexity index is 424. The Morgan fingerprint density at radius 2 is 1.95 bits per heavy atom. The van der Waals surface area contributed by atoms with Crippen LogP contribution >= 0.6 is 0 Å². The third-order valence-corrected chi connectivity index (χ3v) is 4.44. The van der Waals surface area contributed by atoms with E-state index in [0.717, 1.165) is 31.1 Å². The van der Waals surface area contributed by atoms with Crippen LogP contribution in [0.25, 0.3) is 0 Å². The summed E-state index contributed by atoms with van der Waals surface area (Å²) in [5.74, 6) is 0.741. The van der Waals surface area contributed by atoms with Crippen LogP contribution in [0.1, 0.15) is 38.7 Å². The molecule has 2 rings (SSSR count). The van der Waals surface area contributed by atoms with Crippen molar-refractivity contribution < 1.29 is 9.53 Å². The average Bonchev–Trinajstić information content (AvgIpc) is 2.54. The fraction of sp³-hybridized carbons (Fsp3) is 0.611. The molecule has 0 radical (unpaired) electrons. The van der Waals surface area contributed by atoms with Gasteiger partial charge in [-0.2, -0.15) is 0 Å². The predicted molar refractivity (Wildman–Crippen MR) is 84.9 cm³/mol. The summed E-state index contributed by atoms with van der Waals surface area (Å²) in [5.41, 5.74) is 1.04. The number of nitrogens with zero attached hydrogens (tertiary/aromatic N) is 1. The van der Waals surface area contributed by atoms with E-state index in [1.165, 1.54) is 19.3 Å². The van der Waals surface area contributed by atoms with Crippen LogP contribution in [0.15, 0.2) is 30.3 Å². The van der Waals surface area contributed by atoms with E-state index in [0.29, 0.717) is 6.61 Å². The maximum atomic E-state index is 12.1. The highest BCUT2D eigenvalue weighted by atomic mass is 16.5. The van der Waals surface area contributed by atoms with Crippen molar-refractivity contribution >= 4 is 5.97 Å². The molecule has 21 heavy (non-hydrogen) atoms. The van der Waals surface area contributed by atoms with Gasteiger partial charge in [0.15, 0.2) is 0 Å². The molecule has 0 bridgehead atoms. The van der Waals surface area contributed by atoms with E-state index in [4.69, 9.17) is 4.74 Å². The number of likely N-dealkylation sites (tertiary alicyclic amines) is 1. The minimum atomic E-state index is -0.0866. The molecule has 1 atom stereocenters. The molecule has 0 amide bonds. The van der Waals surface area contributed by atoms with Crippen molar-refractivity contribution in [2.75, 3.05) is 19.6 Å². The molecule has 1 aromatic carbocycles. The molecular weight excluding hydrogens is 262 g/mol. The molecule has 1 fully saturated rings. The third kappa shape index (κ3) is 5.16. The van der Waals surface area contributed by atoms with Crippen LogP contribution < -0.4 is 0 Å². The normalized spacial score (nSPS) is 18.4. The first-order chi connectivity index (χ1) is 10.2. The minimum absolute atomic E-state index is 0.0492. The summed E-state index contributed by atoms with van der Waals surface area (Å²) in [6.45, 7) is 7.68. The second kappa shape index (κ2) is 8.18. The summed E-state index contributed by atoms with van der Waals surface area (Å²) in [6, 6.07) is 9.85. The average molecular weight is 289 g/mol. The zero-order valence-electron chi connectivity index (χ0n) is 13.3. The van der Waals surface area contributed by atoms with Gasteiger partial charge in [-0.25, -0.2) is 0 Å². The lowest BCUT2D eigenvalue weighted by atomic mass is 9.94. The second-order valence-corrected chi connectivity index (χ2v) is 6.15. The molecule has 0 aromatic heterocycles. The van der Waals surface area contributed by atoms with Gasteiger partial charge in [-0.3, -0.25) is 4.79 Å². The summed E-state index contributed by atoms with van der Waals surface area (Å²) in [7, 11) is 0. The smallest absolute Gasteiger partial charge is 0.310 e. The van der Waals surface area contributed by atoms with Gasteiger partial charge in [-0.05, 0) is 37.4 Å². The Morgan fingerprint density at radius 3 is 2.57 bits per heavy atom. The maximum absolute atomic E-state index is 12.1. The first-order valence-corrected chi connectivity index (χ1v) is 8.12. The standard InChI is InChI=1S/C18H27NO2/c1-3-16-9-11-19(12-10-16)13-15(2)18(20)21-14-17-7-5-4-6-8-17/h4-8,15-16H,3,9-14H2,1-2H3. The molecule has 3 nitrogen and oxygen atoms in total. The molecule has 0 saturated carbocycles. The van der Waals surface area contributed by atoms with Gasteiger partial charge in [0, 0.05) is 6.54 Å². The van der Waals surface area contributed by atoms with Gasteiger partial charge in [-0.15, -0.1) is 0 Å². The third-order valence-electron chi connectivity index (χ3n) is 4.44. The van der Waals surface area contributed by atoms with Crippen LogP contribution in [0.4, 0.5) is 0 Å². The zero-order valence-corrected chi connectivity index (χ0v) is 13.3. The fourth-order valence-electron chi connectivity index (χ4n) is 2.91. The van der Waals surface area contributed by atoms with Crippen LogP contribution in [0, 0.1) is 11.8 Å². The van der Waals surface area contributed by atoms with Crippen molar-refractivity contribution in [3.05, 3.63) is 35.9 Å². The molecule has 1 aliphatic rings. The van der Waals surface area contributed by atoms with Gasteiger partial charge in [0.25, 0.3) is 0 Å². The number of piperidine rings is 1. The maximum Gasteiger partial charge on any atom is 0.310 e. The molecular formula is C18H27NO2. The lowest BCUT2D eigenvalue weighted by Crippen LogP contribution is -2.38. The predicted octanol–water partition coefficient (Wildman–Crippen LogP) is 3.49. The van der Waals surface area contributed by atoms with Crippen LogP contribution in [0.2, 0.25) is 0 Å². The lowest BCUT2D eigenvalue weighted by Gasteiger charge is -2.32. The van der Waals surface area contributed by atoms with E-state index in [2.05, 4.69) is 11.8 Å². The van der Waals surface area contributed by atoms with Crippen LogP contribution in [-0.2, 0) is 16.1 Å². The van der Waals surface area contributed by atoms with Crippen molar-refractivity contribution in [2.45, 2.75) is 39.7 Å². The number of hydrogen-bond donors (Lipinski definition) is 0. The number of ether oxygens (including phenoxy) is 1. The number of carbonyl (C=O) groups excluding carboxylic acids is 1. The Morgan fingerprint density at radius 1 is 1.29 bits per heavy atom. The highest BCUT2D eigenvalue weighted by molar-refractivity contribution is 5.72. The van der Waals surface area contributed by atoms with E-state index in [1.54, 1.807) is 0 Å². The van der Waals surface area contributed by atoms with E-state index in [-0.39, 0.29) is 11.9 Å².